The number of nitrogens with zero attached hydrogens (tertiary/aromatic N) is 2. The molecule has 1 N–H and O–H groups in total. The lowest BCUT2D eigenvalue weighted by atomic mass is 10.1. The summed E-state index contributed by atoms with van der Waals surface area (Å²) in [5.74, 6) is -0.0474. The van der Waals surface area contributed by atoms with E-state index in [2.05, 4.69) is 4.98 Å². The van der Waals surface area contributed by atoms with Gasteiger partial charge in [-0.15, -0.1) is 0 Å². The van der Waals surface area contributed by atoms with Gasteiger partial charge in [0.1, 0.15) is 0 Å². The Morgan fingerprint density at radius 3 is 2.36 bits per heavy atom. The fraction of sp³-hybridized carbons (Fsp3) is 0.333. The highest BCUT2D eigenvalue weighted by Gasteiger charge is 2.15. The van der Waals surface area contributed by atoms with Crippen LogP contribution in [0.15, 0.2) is 42.5 Å². The van der Waals surface area contributed by atoms with Gasteiger partial charge < -0.3 is 10.0 Å². The summed E-state index contributed by atoms with van der Waals surface area (Å²) in [6.45, 7) is 4.25. The third-order valence-corrected chi connectivity index (χ3v) is 3.60. The molecule has 1 amide bonds. The molecular weight excluding hydrogens is 276 g/mol. The second-order valence-corrected chi connectivity index (χ2v) is 5.58. The zero-order chi connectivity index (χ0) is 16.1. The van der Waals surface area contributed by atoms with E-state index in [1.165, 1.54) is 0 Å². The number of carbonyl (C=O) groups is 1. The van der Waals surface area contributed by atoms with Crippen molar-refractivity contribution in [2.45, 2.75) is 26.4 Å². The van der Waals surface area contributed by atoms with E-state index in [1.54, 1.807) is 24.1 Å². The minimum absolute atomic E-state index is 0.0474. The van der Waals surface area contributed by atoms with E-state index in [9.17, 15) is 9.90 Å². The van der Waals surface area contributed by atoms with E-state index in [0.717, 1.165) is 17.0 Å². The average Bonchev–Trinajstić information content (AvgIpc) is 2.51. The molecule has 1 aromatic heterocycles. The van der Waals surface area contributed by atoms with Crippen LogP contribution in [0.4, 0.5) is 0 Å². The fourth-order valence-electron chi connectivity index (χ4n) is 2.44. The molecule has 0 bridgehead atoms. The second kappa shape index (κ2) is 7.18. The van der Waals surface area contributed by atoms with Gasteiger partial charge in [0.2, 0.25) is 0 Å². The van der Waals surface area contributed by atoms with Gasteiger partial charge in [-0.3, -0.25) is 9.78 Å². The van der Waals surface area contributed by atoms with Gasteiger partial charge in [0.25, 0.3) is 5.91 Å². The largest absolute Gasteiger partial charge is 0.388 e. The van der Waals surface area contributed by atoms with Crippen LogP contribution in [0.25, 0.3) is 0 Å². The maximum absolute atomic E-state index is 12.4. The highest BCUT2D eigenvalue weighted by Crippen LogP contribution is 2.17. The third-order valence-electron chi connectivity index (χ3n) is 3.60. The molecule has 0 saturated heterocycles. The highest BCUT2D eigenvalue weighted by atomic mass is 16.3. The van der Waals surface area contributed by atoms with E-state index < -0.39 is 6.10 Å². The molecule has 1 aromatic carbocycles. The Balaban J connectivity index is 1.97. The molecule has 2 rings (SSSR count). The lowest BCUT2D eigenvalue weighted by Crippen LogP contribution is -2.29. The quantitative estimate of drug-likeness (QED) is 0.923. The summed E-state index contributed by atoms with van der Waals surface area (Å²) in [7, 11) is 1.76. The average molecular weight is 298 g/mol. The molecule has 4 nitrogen and oxygen atoms in total. The number of hydrogen-bond donors (Lipinski definition) is 1. The summed E-state index contributed by atoms with van der Waals surface area (Å²) >= 11 is 0. The van der Waals surface area contributed by atoms with Crippen LogP contribution in [0, 0.1) is 13.8 Å². The Morgan fingerprint density at radius 1 is 1.18 bits per heavy atom. The second-order valence-electron chi connectivity index (χ2n) is 5.58. The van der Waals surface area contributed by atoms with Crippen molar-refractivity contribution in [2.24, 2.45) is 0 Å². The Labute approximate surface area is 131 Å². The summed E-state index contributed by atoms with van der Waals surface area (Å²) in [6.07, 6.45) is -0.0488. The Morgan fingerprint density at radius 2 is 1.77 bits per heavy atom. The summed E-state index contributed by atoms with van der Waals surface area (Å²) in [6, 6.07) is 13.1. The van der Waals surface area contributed by atoms with Crippen LogP contribution in [0.2, 0.25) is 0 Å². The maximum Gasteiger partial charge on any atom is 0.253 e. The third kappa shape index (κ3) is 4.15. The molecule has 1 heterocycles. The summed E-state index contributed by atoms with van der Waals surface area (Å²) in [4.78, 5) is 18.3. The molecule has 0 aliphatic heterocycles. The van der Waals surface area contributed by atoms with Gasteiger partial charge in [0.05, 0.1) is 6.10 Å². The number of benzene rings is 1. The molecule has 0 aliphatic rings. The highest BCUT2D eigenvalue weighted by molar-refractivity contribution is 5.94. The minimum atomic E-state index is -0.558. The van der Waals surface area contributed by atoms with Crippen molar-refractivity contribution >= 4 is 5.91 Å². The number of aliphatic hydroxyl groups excluding tert-OH is 1. The molecule has 0 saturated carbocycles. The van der Waals surface area contributed by atoms with Crippen molar-refractivity contribution < 1.29 is 9.90 Å². The Kier molecular flexibility index (Phi) is 5.28. The molecule has 4 heteroatoms. The molecule has 2 aromatic rings. The minimum Gasteiger partial charge on any atom is -0.388 e. The van der Waals surface area contributed by atoms with Crippen LogP contribution in [-0.2, 0) is 0 Å². The number of rotatable bonds is 5. The SMILES string of the molecule is Cc1cc(C(=O)N(C)CC[C@H](O)c2ccccc2)cc(C)n1. The maximum atomic E-state index is 12.4. The summed E-state index contributed by atoms with van der Waals surface area (Å²) in [5.41, 5.74) is 3.18. The molecule has 0 radical (unpaired) electrons. The molecule has 116 valence electrons. The first kappa shape index (κ1) is 16.2. The lowest BCUT2D eigenvalue weighted by Gasteiger charge is -2.20. The topological polar surface area (TPSA) is 53.4 Å². The van der Waals surface area contributed by atoms with Crippen molar-refractivity contribution in [1.82, 2.24) is 9.88 Å². The van der Waals surface area contributed by atoms with Gasteiger partial charge in [0.15, 0.2) is 0 Å². The summed E-state index contributed by atoms with van der Waals surface area (Å²) in [5, 5.41) is 10.2. The Hall–Kier alpha value is -2.20. The zero-order valence-electron chi connectivity index (χ0n) is 13.3. The number of pyridine rings is 1. The van der Waals surface area contributed by atoms with E-state index in [1.807, 2.05) is 44.2 Å². The van der Waals surface area contributed by atoms with Crippen LogP contribution in [0.5, 0.6) is 0 Å². The Bertz CT molecular complexity index is 621. The van der Waals surface area contributed by atoms with Gasteiger partial charge in [0, 0.05) is 30.5 Å². The molecule has 0 spiro atoms. The van der Waals surface area contributed by atoms with E-state index in [0.29, 0.717) is 18.5 Å². The van der Waals surface area contributed by atoms with E-state index >= 15 is 0 Å². The van der Waals surface area contributed by atoms with Crippen LogP contribution < -0.4 is 0 Å². The molecule has 0 unspecified atom stereocenters. The zero-order valence-corrected chi connectivity index (χ0v) is 13.3. The number of amides is 1. The lowest BCUT2D eigenvalue weighted by molar-refractivity contribution is 0.0761. The predicted octanol–water partition coefficient (Wildman–Crippen LogP) is 2.89. The normalized spacial score (nSPS) is 12.0. The van der Waals surface area contributed by atoms with Crippen molar-refractivity contribution in [3.8, 4) is 0 Å². The fourth-order valence-corrected chi connectivity index (χ4v) is 2.44. The molecule has 1 atom stereocenters. The van der Waals surface area contributed by atoms with Crippen LogP contribution >= 0.6 is 0 Å². The van der Waals surface area contributed by atoms with Gasteiger partial charge in [-0.1, -0.05) is 30.3 Å². The van der Waals surface area contributed by atoms with Gasteiger partial charge >= 0.3 is 0 Å². The molecular formula is C18H22N2O2. The van der Waals surface area contributed by atoms with Crippen molar-refractivity contribution in [3.63, 3.8) is 0 Å². The standard InChI is InChI=1S/C18H22N2O2/c1-13-11-16(12-14(2)19-13)18(22)20(3)10-9-17(21)15-7-5-4-6-8-15/h4-8,11-12,17,21H,9-10H2,1-3H3/t17-/m0/s1. The number of aromatic nitrogens is 1. The van der Waals surface area contributed by atoms with Crippen LogP contribution in [0.3, 0.4) is 0 Å². The van der Waals surface area contributed by atoms with Crippen molar-refractivity contribution in [2.75, 3.05) is 13.6 Å². The smallest absolute Gasteiger partial charge is 0.253 e. The number of carbonyl (C=O) groups excluding carboxylic acids is 1. The summed E-state index contributed by atoms with van der Waals surface area (Å²) < 4.78 is 0. The molecule has 0 aliphatic carbocycles. The monoisotopic (exact) mass is 298 g/mol. The van der Waals surface area contributed by atoms with Crippen LogP contribution in [0.1, 0.15) is 39.8 Å². The van der Waals surface area contributed by atoms with Crippen molar-refractivity contribution in [1.29, 1.82) is 0 Å². The first-order valence-electron chi connectivity index (χ1n) is 7.41. The number of aliphatic hydroxyl groups is 1. The molecule has 22 heavy (non-hydrogen) atoms. The van der Waals surface area contributed by atoms with Gasteiger partial charge in [-0.25, -0.2) is 0 Å². The molecule has 0 fully saturated rings. The first-order valence-corrected chi connectivity index (χ1v) is 7.41. The van der Waals surface area contributed by atoms with E-state index in [4.69, 9.17) is 0 Å². The van der Waals surface area contributed by atoms with Crippen LogP contribution in [-0.4, -0.2) is 34.5 Å². The predicted molar refractivity (Wildman–Crippen MR) is 86.7 cm³/mol. The van der Waals surface area contributed by atoms with E-state index in [-0.39, 0.29) is 5.91 Å². The van der Waals surface area contributed by atoms with Gasteiger partial charge in [-0.2, -0.15) is 0 Å². The number of hydrogen-bond acceptors (Lipinski definition) is 3. The number of aryl methyl sites for hydroxylation is 2. The van der Waals surface area contributed by atoms with Gasteiger partial charge in [-0.05, 0) is 38.0 Å². The first-order chi connectivity index (χ1) is 10.5. The van der Waals surface area contributed by atoms with Crippen molar-refractivity contribution in [3.05, 3.63) is 65.0 Å².